The predicted molar refractivity (Wildman–Crippen MR) is 75.6 cm³/mol. The van der Waals surface area contributed by atoms with Crippen molar-refractivity contribution in [2.24, 2.45) is 0 Å². The first-order chi connectivity index (χ1) is 9.61. The minimum atomic E-state index is -0.565. The van der Waals surface area contributed by atoms with E-state index < -0.39 is 4.92 Å². The molecule has 1 aromatic carbocycles. The van der Waals surface area contributed by atoms with Gasteiger partial charge in [0, 0.05) is 23.2 Å². The zero-order chi connectivity index (χ0) is 14.3. The Morgan fingerprint density at radius 3 is 2.95 bits per heavy atom. The lowest BCUT2D eigenvalue weighted by Gasteiger charge is -2.00. The van der Waals surface area contributed by atoms with Gasteiger partial charge in [-0.2, -0.15) is 0 Å². The number of aromatic nitrogens is 2. The zero-order valence-corrected chi connectivity index (χ0v) is 11.4. The summed E-state index contributed by atoms with van der Waals surface area (Å²) in [5.74, 6) is 0. The highest BCUT2D eigenvalue weighted by molar-refractivity contribution is 7.15. The lowest BCUT2D eigenvalue weighted by Crippen LogP contribution is -1.93. The van der Waals surface area contributed by atoms with Crippen molar-refractivity contribution < 1.29 is 9.72 Å². The first-order valence-electron chi connectivity index (χ1n) is 5.47. The van der Waals surface area contributed by atoms with E-state index in [0.717, 1.165) is 0 Å². The van der Waals surface area contributed by atoms with Crippen LogP contribution in [0.2, 0.25) is 5.02 Å². The molecule has 0 amide bonds. The second-order valence-corrected chi connectivity index (χ2v) is 5.22. The van der Waals surface area contributed by atoms with Crippen LogP contribution in [0, 0.1) is 10.1 Å². The van der Waals surface area contributed by atoms with Crippen LogP contribution >= 0.6 is 22.9 Å². The lowest BCUT2D eigenvalue weighted by molar-refractivity contribution is -0.384. The van der Waals surface area contributed by atoms with Crippen molar-refractivity contribution in [3.8, 4) is 11.3 Å². The maximum absolute atomic E-state index is 11.2. The van der Waals surface area contributed by atoms with Crippen molar-refractivity contribution in [2.45, 2.75) is 0 Å². The highest BCUT2D eigenvalue weighted by Crippen LogP contribution is 2.32. The highest BCUT2D eigenvalue weighted by Gasteiger charge is 2.18. The number of thiazole rings is 1. The fourth-order valence-corrected chi connectivity index (χ4v) is 2.84. The Hall–Kier alpha value is -2.25. The number of hydrogen-bond acceptors (Lipinski definition) is 5. The standard InChI is InChI=1S/C12H6ClN3O3S/c13-8-2-1-7(5-9(8)16(18)19)11-10(6-17)15-3-4-20-12(15)14-11/h1-6H. The molecule has 0 unspecified atom stereocenters. The summed E-state index contributed by atoms with van der Waals surface area (Å²) < 4.78 is 1.65. The molecule has 0 aliphatic carbocycles. The summed E-state index contributed by atoms with van der Waals surface area (Å²) in [6.07, 6.45) is 2.41. The van der Waals surface area contributed by atoms with Crippen LogP contribution in [0.3, 0.4) is 0 Å². The Morgan fingerprint density at radius 1 is 1.45 bits per heavy atom. The number of nitro benzene ring substituents is 1. The first-order valence-corrected chi connectivity index (χ1v) is 6.72. The molecule has 100 valence electrons. The number of halogens is 1. The van der Waals surface area contributed by atoms with Gasteiger partial charge in [-0.1, -0.05) is 17.7 Å². The van der Waals surface area contributed by atoms with Gasteiger partial charge < -0.3 is 0 Å². The van der Waals surface area contributed by atoms with E-state index in [1.54, 1.807) is 16.7 Å². The summed E-state index contributed by atoms with van der Waals surface area (Å²) in [5, 5.41) is 12.8. The van der Waals surface area contributed by atoms with Crippen LogP contribution < -0.4 is 0 Å². The van der Waals surface area contributed by atoms with Crippen LogP contribution in [-0.2, 0) is 0 Å². The number of benzene rings is 1. The van der Waals surface area contributed by atoms with E-state index in [0.29, 0.717) is 28.2 Å². The van der Waals surface area contributed by atoms with Crippen LogP contribution in [0.25, 0.3) is 16.2 Å². The molecule has 0 bridgehead atoms. The van der Waals surface area contributed by atoms with E-state index in [-0.39, 0.29) is 10.7 Å². The van der Waals surface area contributed by atoms with E-state index in [1.165, 1.54) is 23.5 Å². The second kappa shape index (κ2) is 4.69. The Labute approximate surface area is 121 Å². The van der Waals surface area contributed by atoms with Gasteiger partial charge in [-0.25, -0.2) is 4.98 Å². The smallest absolute Gasteiger partial charge is 0.288 e. The third-order valence-electron chi connectivity index (χ3n) is 2.83. The Morgan fingerprint density at radius 2 is 2.25 bits per heavy atom. The summed E-state index contributed by atoms with van der Waals surface area (Å²) in [6, 6.07) is 4.35. The number of carbonyl (C=O) groups is 1. The number of imidazole rings is 1. The second-order valence-electron chi connectivity index (χ2n) is 3.94. The van der Waals surface area contributed by atoms with Gasteiger partial charge >= 0.3 is 0 Å². The molecule has 0 spiro atoms. The Balaban J connectivity index is 2.25. The number of carbonyl (C=O) groups excluding carboxylic acids is 1. The van der Waals surface area contributed by atoms with Gasteiger partial charge in [0.15, 0.2) is 11.2 Å². The fraction of sp³-hybridized carbons (Fsp3) is 0. The van der Waals surface area contributed by atoms with Crippen LogP contribution in [0.15, 0.2) is 29.8 Å². The molecule has 0 saturated heterocycles. The maximum Gasteiger partial charge on any atom is 0.288 e. The number of nitro groups is 1. The monoisotopic (exact) mass is 307 g/mol. The summed E-state index contributed by atoms with van der Waals surface area (Å²) in [7, 11) is 0. The molecule has 3 rings (SSSR count). The molecule has 2 aromatic heterocycles. The third-order valence-corrected chi connectivity index (χ3v) is 3.90. The molecule has 0 aliphatic rings. The third kappa shape index (κ3) is 1.87. The van der Waals surface area contributed by atoms with Crippen molar-refractivity contribution in [3.63, 3.8) is 0 Å². The lowest BCUT2D eigenvalue weighted by atomic mass is 10.1. The van der Waals surface area contributed by atoms with Gasteiger partial charge in [-0.05, 0) is 6.07 Å². The average molecular weight is 308 g/mol. The molecule has 0 fully saturated rings. The van der Waals surface area contributed by atoms with Crippen molar-refractivity contribution in [3.05, 3.63) is 50.6 Å². The quantitative estimate of drug-likeness (QED) is 0.422. The van der Waals surface area contributed by atoms with Gasteiger partial charge in [0.1, 0.15) is 16.4 Å². The van der Waals surface area contributed by atoms with Crippen molar-refractivity contribution in [1.82, 2.24) is 9.38 Å². The largest absolute Gasteiger partial charge is 0.296 e. The maximum atomic E-state index is 11.2. The van der Waals surface area contributed by atoms with Crippen molar-refractivity contribution in [2.75, 3.05) is 0 Å². The summed E-state index contributed by atoms with van der Waals surface area (Å²) in [6.45, 7) is 0. The van der Waals surface area contributed by atoms with Gasteiger partial charge in [-0.3, -0.25) is 19.3 Å². The molecule has 8 heteroatoms. The van der Waals surface area contributed by atoms with E-state index in [2.05, 4.69) is 4.98 Å². The Kier molecular flexibility index (Phi) is 3.00. The summed E-state index contributed by atoms with van der Waals surface area (Å²) in [4.78, 5) is 26.6. The molecule has 6 nitrogen and oxygen atoms in total. The van der Waals surface area contributed by atoms with Gasteiger partial charge in [0.05, 0.1) is 4.92 Å². The van der Waals surface area contributed by atoms with Crippen LogP contribution in [0.5, 0.6) is 0 Å². The van der Waals surface area contributed by atoms with Crippen LogP contribution in [0.4, 0.5) is 5.69 Å². The average Bonchev–Trinajstić information content (AvgIpc) is 2.98. The first kappa shape index (κ1) is 12.8. The number of nitrogens with zero attached hydrogens (tertiary/aromatic N) is 3. The predicted octanol–water partition coefficient (Wildman–Crippen LogP) is 3.44. The van der Waals surface area contributed by atoms with Crippen LogP contribution in [0.1, 0.15) is 10.5 Å². The topological polar surface area (TPSA) is 77.5 Å². The molecule has 0 N–H and O–H groups in total. The van der Waals surface area contributed by atoms with E-state index in [1.807, 2.05) is 5.38 Å². The molecule has 2 heterocycles. The highest BCUT2D eigenvalue weighted by atomic mass is 35.5. The van der Waals surface area contributed by atoms with Crippen molar-refractivity contribution in [1.29, 1.82) is 0 Å². The number of hydrogen-bond donors (Lipinski definition) is 0. The van der Waals surface area contributed by atoms with Gasteiger partial charge in [0.2, 0.25) is 0 Å². The molecule has 0 aliphatic heterocycles. The molecule has 0 radical (unpaired) electrons. The van der Waals surface area contributed by atoms with E-state index in [4.69, 9.17) is 11.6 Å². The molecule has 3 aromatic rings. The van der Waals surface area contributed by atoms with Gasteiger partial charge in [-0.15, -0.1) is 11.3 Å². The molecule has 0 saturated carbocycles. The number of fused-ring (bicyclic) bond motifs is 1. The number of rotatable bonds is 3. The van der Waals surface area contributed by atoms with E-state index in [9.17, 15) is 14.9 Å². The zero-order valence-electron chi connectivity index (χ0n) is 9.82. The minimum absolute atomic E-state index is 0.0485. The fourth-order valence-electron chi connectivity index (χ4n) is 1.93. The minimum Gasteiger partial charge on any atom is -0.296 e. The normalized spacial score (nSPS) is 10.8. The summed E-state index contributed by atoms with van der Waals surface area (Å²) >= 11 is 7.15. The SMILES string of the molecule is O=Cc1c(-c2ccc(Cl)c([N+](=O)[O-])c2)nc2sccn12. The number of aldehydes is 1. The van der Waals surface area contributed by atoms with Gasteiger partial charge in [0.25, 0.3) is 5.69 Å². The molecule has 20 heavy (non-hydrogen) atoms. The Bertz CT molecular complexity index is 840. The molecular formula is C12H6ClN3O3S. The molecular weight excluding hydrogens is 302 g/mol. The molecule has 0 atom stereocenters. The summed E-state index contributed by atoms with van der Waals surface area (Å²) in [5.41, 5.74) is 1.04. The van der Waals surface area contributed by atoms with Crippen molar-refractivity contribution >= 4 is 39.9 Å². The van der Waals surface area contributed by atoms with Crippen LogP contribution in [-0.4, -0.2) is 20.6 Å². The van der Waals surface area contributed by atoms with E-state index >= 15 is 0 Å².